The van der Waals surface area contributed by atoms with E-state index in [1.807, 2.05) is 0 Å². The Hall–Kier alpha value is -2.85. The van der Waals surface area contributed by atoms with E-state index in [2.05, 4.69) is 10.2 Å². The summed E-state index contributed by atoms with van der Waals surface area (Å²) in [5, 5.41) is 20.7. The third-order valence-electron chi connectivity index (χ3n) is 5.15. The molecule has 0 amide bonds. The number of nitrogens with zero attached hydrogens (tertiary/aromatic N) is 4. The Morgan fingerprint density at radius 1 is 1.03 bits per heavy atom. The summed E-state index contributed by atoms with van der Waals surface area (Å²) in [5.74, 6) is 0.607. The van der Waals surface area contributed by atoms with Gasteiger partial charge in [0.1, 0.15) is 29.2 Å². The lowest BCUT2D eigenvalue weighted by Gasteiger charge is -2.16. The average Bonchev–Trinajstić information content (AvgIpc) is 3.20. The Bertz CT molecular complexity index is 1400. The summed E-state index contributed by atoms with van der Waals surface area (Å²) < 4.78 is 20.9. The number of rotatable bonds is 9. The molecule has 0 spiro atoms. The third-order valence-corrected chi connectivity index (χ3v) is 7.36. The molecule has 186 valence electrons. The highest BCUT2D eigenvalue weighted by molar-refractivity contribution is 7.99. The highest BCUT2D eigenvalue weighted by Crippen LogP contribution is 2.39. The first kappa shape index (κ1) is 26.2. The van der Waals surface area contributed by atoms with Crippen molar-refractivity contribution in [3.05, 3.63) is 109 Å². The van der Waals surface area contributed by atoms with E-state index in [9.17, 15) is 14.5 Å². The summed E-state index contributed by atoms with van der Waals surface area (Å²) in [6.45, 7) is 1.59. The number of aromatic nitrogens is 3. The minimum Gasteiger partial charge on any atom is -0.487 e. The topological polar surface area (TPSA) is 83.1 Å². The van der Waals surface area contributed by atoms with Crippen molar-refractivity contribution in [1.82, 2.24) is 14.8 Å². The van der Waals surface area contributed by atoms with Crippen molar-refractivity contribution >= 4 is 46.6 Å². The second-order valence-electron chi connectivity index (χ2n) is 7.69. The van der Waals surface area contributed by atoms with Gasteiger partial charge in [0, 0.05) is 10.6 Å². The van der Waals surface area contributed by atoms with Crippen LogP contribution in [0.1, 0.15) is 22.2 Å². The van der Waals surface area contributed by atoms with Crippen LogP contribution in [-0.2, 0) is 6.61 Å². The van der Waals surface area contributed by atoms with Crippen LogP contribution in [-0.4, -0.2) is 26.2 Å². The van der Waals surface area contributed by atoms with Crippen LogP contribution in [0.5, 0.6) is 5.75 Å². The molecule has 0 bridgehead atoms. The molecule has 0 N–H and O–H groups in total. The Balaban J connectivity index is 1.56. The van der Waals surface area contributed by atoms with Gasteiger partial charge < -0.3 is 4.74 Å². The molecular formula is C24H18Cl3FN4O3S. The average molecular weight is 568 g/mol. The first-order valence-corrected chi connectivity index (χ1v) is 12.5. The molecule has 1 aromatic heterocycles. The van der Waals surface area contributed by atoms with Gasteiger partial charge in [-0.3, -0.25) is 14.7 Å². The molecule has 0 unspecified atom stereocenters. The molecule has 36 heavy (non-hydrogen) atoms. The number of benzene rings is 3. The van der Waals surface area contributed by atoms with Crippen molar-refractivity contribution in [3.8, 4) is 11.4 Å². The minimum absolute atomic E-state index is 0.211. The van der Waals surface area contributed by atoms with Gasteiger partial charge in [-0.1, -0.05) is 58.7 Å². The van der Waals surface area contributed by atoms with Gasteiger partial charge in [0.2, 0.25) is 6.54 Å². The van der Waals surface area contributed by atoms with Crippen molar-refractivity contribution in [1.29, 1.82) is 0 Å². The van der Waals surface area contributed by atoms with Crippen LogP contribution in [0.2, 0.25) is 15.1 Å². The van der Waals surface area contributed by atoms with Crippen LogP contribution in [0.3, 0.4) is 0 Å². The maximum absolute atomic E-state index is 13.4. The number of ether oxygens (including phenoxy) is 1. The van der Waals surface area contributed by atoms with E-state index in [-0.39, 0.29) is 19.0 Å². The van der Waals surface area contributed by atoms with Gasteiger partial charge in [0.25, 0.3) is 0 Å². The van der Waals surface area contributed by atoms with Gasteiger partial charge in [-0.2, -0.15) is 0 Å². The fraction of sp³-hybridized carbons (Fsp3) is 0.167. The smallest absolute Gasteiger partial charge is 0.220 e. The van der Waals surface area contributed by atoms with Gasteiger partial charge >= 0.3 is 0 Å². The molecule has 1 atom stereocenters. The Labute approximate surface area is 225 Å². The van der Waals surface area contributed by atoms with Gasteiger partial charge in [-0.05, 0) is 66.6 Å². The number of nitro groups is 1. The van der Waals surface area contributed by atoms with Gasteiger partial charge in [-0.15, -0.1) is 10.2 Å². The zero-order valence-electron chi connectivity index (χ0n) is 18.7. The molecular weight excluding hydrogens is 550 g/mol. The van der Waals surface area contributed by atoms with Crippen LogP contribution >= 0.6 is 46.6 Å². The maximum atomic E-state index is 13.4. The van der Waals surface area contributed by atoms with Crippen LogP contribution < -0.4 is 4.74 Å². The predicted molar refractivity (Wildman–Crippen MR) is 139 cm³/mol. The lowest BCUT2D eigenvalue weighted by Crippen LogP contribution is -2.11. The summed E-state index contributed by atoms with van der Waals surface area (Å²) in [4.78, 5) is 11.1. The van der Waals surface area contributed by atoms with E-state index in [0.717, 1.165) is 5.56 Å². The predicted octanol–water partition coefficient (Wildman–Crippen LogP) is 7.36. The van der Waals surface area contributed by atoms with Crippen molar-refractivity contribution in [2.75, 3.05) is 6.54 Å². The molecule has 0 saturated heterocycles. The number of halogens is 4. The summed E-state index contributed by atoms with van der Waals surface area (Å²) in [6.07, 6.45) is 0. The fourth-order valence-corrected chi connectivity index (χ4v) is 5.13. The molecule has 4 aromatic rings. The molecule has 0 aliphatic heterocycles. The van der Waals surface area contributed by atoms with Crippen molar-refractivity contribution in [2.24, 2.45) is 0 Å². The lowest BCUT2D eigenvalue weighted by molar-refractivity contribution is -0.479. The van der Waals surface area contributed by atoms with Gasteiger partial charge in [0.05, 0.1) is 15.1 Å². The largest absolute Gasteiger partial charge is 0.487 e. The molecule has 0 radical (unpaired) electrons. The zero-order valence-corrected chi connectivity index (χ0v) is 21.8. The first-order chi connectivity index (χ1) is 17.2. The first-order valence-electron chi connectivity index (χ1n) is 10.5. The summed E-state index contributed by atoms with van der Waals surface area (Å²) >= 11 is 19.6. The summed E-state index contributed by atoms with van der Waals surface area (Å²) in [6, 6.07) is 16.0. The molecule has 0 fully saturated rings. The number of hydrogen-bond donors (Lipinski definition) is 0. The number of hydrogen-bond acceptors (Lipinski definition) is 6. The molecule has 0 aliphatic carbocycles. The van der Waals surface area contributed by atoms with E-state index < -0.39 is 10.2 Å². The third kappa shape index (κ3) is 6.28. The minimum atomic E-state index is -0.621. The van der Waals surface area contributed by atoms with Crippen molar-refractivity contribution in [3.63, 3.8) is 0 Å². The Morgan fingerprint density at radius 3 is 2.44 bits per heavy atom. The van der Waals surface area contributed by atoms with Crippen LogP contribution in [0.4, 0.5) is 4.39 Å². The highest BCUT2D eigenvalue weighted by Gasteiger charge is 2.24. The maximum Gasteiger partial charge on any atom is 0.220 e. The second kappa shape index (κ2) is 11.5. The van der Waals surface area contributed by atoms with E-state index in [1.165, 1.54) is 23.9 Å². The quantitative estimate of drug-likeness (QED) is 0.119. The van der Waals surface area contributed by atoms with E-state index >= 15 is 0 Å². The van der Waals surface area contributed by atoms with Crippen molar-refractivity contribution < 1.29 is 14.1 Å². The molecule has 0 aliphatic rings. The lowest BCUT2D eigenvalue weighted by atomic mass is 10.1. The fourth-order valence-electron chi connectivity index (χ4n) is 3.40. The summed E-state index contributed by atoms with van der Waals surface area (Å²) in [5.41, 5.74) is 2.07. The second-order valence-corrected chi connectivity index (χ2v) is 10.1. The van der Waals surface area contributed by atoms with E-state index in [1.54, 1.807) is 60.0 Å². The highest BCUT2D eigenvalue weighted by atomic mass is 35.5. The molecule has 3 aromatic carbocycles. The molecule has 7 nitrogen and oxygen atoms in total. The summed E-state index contributed by atoms with van der Waals surface area (Å²) in [7, 11) is 0. The molecule has 0 saturated carbocycles. The molecule has 1 heterocycles. The molecule has 12 heteroatoms. The van der Waals surface area contributed by atoms with Crippen LogP contribution in [0, 0.1) is 22.9 Å². The normalized spacial score (nSPS) is 11.9. The van der Waals surface area contributed by atoms with Crippen LogP contribution in [0.25, 0.3) is 5.69 Å². The molecule has 4 rings (SSSR count). The number of thioether (sulfide) groups is 1. The van der Waals surface area contributed by atoms with Gasteiger partial charge in [-0.25, -0.2) is 4.39 Å². The monoisotopic (exact) mass is 566 g/mol. The standard InChI is InChI=1S/C24H18Cl3FN4O3S/c1-14-29-30-24(32(14)18-6-4-17(28)5-7-18)36-23(12-31(33)34)16-3-9-22(21(27)11-16)35-13-15-2-8-19(25)20(26)10-15/h2-11,23H,12-13H2,1H3/t23-/m0/s1. The Kier molecular flexibility index (Phi) is 8.35. The van der Waals surface area contributed by atoms with Crippen molar-refractivity contribution in [2.45, 2.75) is 23.9 Å². The van der Waals surface area contributed by atoms with E-state index in [0.29, 0.717) is 43.0 Å². The zero-order chi connectivity index (χ0) is 25.8. The number of aryl methyl sites for hydroxylation is 1. The SMILES string of the molecule is Cc1nnc(S[C@@H](C[N+](=O)[O-])c2ccc(OCc3ccc(Cl)c(Cl)c3)c(Cl)c2)n1-c1ccc(F)cc1. The van der Waals surface area contributed by atoms with Crippen LogP contribution in [0.15, 0.2) is 65.8 Å². The van der Waals surface area contributed by atoms with E-state index in [4.69, 9.17) is 39.5 Å². The Morgan fingerprint density at radius 2 is 1.78 bits per heavy atom. The van der Waals surface area contributed by atoms with Gasteiger partial charge in [0.15, 0.2) is 5.16 Å².